The Morgan fingerprint density at radius 3 is 2.45 bits per heavy atom. The molecule has 0 aliphatic heterocycles. The van der Waals surface area contributed by atoms with Gasteiger partial charge in [0.1, 0.15) is 12.4 Å². The van der Waals surface area contributed by atoms with Crippen molar-refractivity contribution < 1.29 is 9.53 Å². The molecule has 0 heterocycles. The van der Waals surface area contributed by atoms with E-state index in [0.29, 0.717) is 13.0 Å². The lowest BCUT2D eigenvalue weighted by atomic mass is 10.0. The number of benzene rings is 3. The van der Waals surface area contributed by atoms with E-state index in [1.54, 1.807) is 6.21 Å². The Balaban J connectivity index is 1.52. The molecule has 0 aromatic heterocycles. The molecule has 0 unspecified atom stereocenters. The van der Waals surface area contributed by atoms with E-state index in [1.807, 2.05) is 49.4 Å². The Hall–Kier alpha value is -3.40. The number of carbonyl (C=O) groups is 1. The van der Waals surface area contributed by atoms with Crippen molar-refractivity contribution in [3.8, 4) is 5.75 Å². The molecule has 3 rings (SSSR count). The summed E-state index contributed by atoms with van der Waals surface area (Å²) in [6.45, 7) is 6.67. The fraction of sp³-hybridized carbons (Fsp3) is 0.200. The van der Waals surface area contributed by atoms with E-state index < -0.39 is 0 Å². The lowest BCUT2D eigenvalue weighted by Crippen LogP contribution is -2.19. The number of amides is 1. The molecule has 148 valence electrons. The zero-order valence-electron chi connectivity index (χ0n) is 17.1. The molecule has 0 aliphatic rings. The first-order chi connectivity index (χ1) is 14.0. The Morgan fingerprint density at radius 2 is 1.69 bits per heavy atom. The fourth-order valence-corrected chi connectivity index (χ4v) is 2.85. The molecule has 0 fully saturated rings. The van der Waals surface area contributed by atoms with Gasteiger partial charge in [-0.15, -0.1) is 0 Å². The number of aryl methyl sites for hydroxylation is 3. The zero-order chi connectivity index (χ0) is 20.6. The summed E-state index contributed by atoms with van der Waals surface area (Å²) in [6, 6.07) is 21.9. The Kier molecular flexibility index (Phi) is 6.80. The van der Waals surface area contributed by atoms with Crippen molar-refractivity contribution >= 4 is 12.1 Å². The van der Waals surface area contributed by atoms with Crippen LogP contribution in [0.25, 0.3) is 0 Å². The van der Waals surface area contributed by atoms with Gasteiger partial charge in [0, 0.05) is 0 Å². The molecular formula is C25H26N2O2. The molecule has 0 atom stereocenters. The van der Waals surface area contributed by atoms with Crippen molar-refractivity contribution in [1.82, 2.24) is 5.43 Å². The summed E-state index contributed by atoms with van der Waals surface area (Å²) in [7, 11) is 0. The van der Waals surface area contributed by atoms with Crippen LogP contribution in [-0.2, 0) is 17.8 Å². The summed E-state index contributed by atoms with van der Waals surface area (Å²) in [4.78, 5) is 12.1. The maximum absolute atomic E-state index is 12.1. The van der Waals surface area contributed by atoms with Gasteiger partial charge in [-0.3, -0.25) is 4.79 Å². The van der Waals surface area contributed by atoms with Crippen LogP contribution in [0, 0.1) is 20.8 Å². The van der Waals surface area contributed by atoms with Crippen molar-refractivity contribution in [2.24, 2.45) is 5.10 Å². The van der Waals surface area contributed by atoms with E-state index in [9.17, 15) is 4.79 Å². The third-order valence-electron chi connectivity index (χ3n) is 4.72. The third-order valence-corrected chi connectivity index (χ3v) is 4.72. The molecule has 0 radical (unpaired) electrons. The van der Waals surface area contributed by atoms with Gasteiger partial charge in [0.05, 0.1) is 12.6 Å². The number of ether oxygens (including phenoxy) is 1. The van der Waals surface area contributed by atoms with E-state index in [0.717, 1.165) is 22.4 Å². The van der Waals surface area contributed by atoms with E-state index in [2.05, 4.69) is 48.6 Å². The average molecular weight is 386 g/mol. The van der Waals surface area contributed by atoms with E-state index in [-0.39, 0.29) is 5.91 Å². The van der Waals surface area contributed by atoms with Crippen LogP contribution in [0.5, 0.6) is 5.75 Å². The number of nitrogens with zero attached hydrogens (tertiary/aromatic N) is 1. The maximum atomic E-state index is 12.1. The van der Waals surface area contributed by atoms with Gasteiger partial charge in [-0.1, -0.05) is 60.2 Å². The third kappa shape index (κ3) is 6.32. The highest BCUT2D eigenvalue weighted by molar-refractivity contribution is 5.83. The highest BCUT2D eigenvalue weighted by atomic mass is 16.5. The fourth-order valence-electron chi connectivity index (χ4n) is 2.85. The zero-order valence-corrected chi connectivity index (χ0v) is 17.1. The summed E-state index contributed by atoms with van der Waals surface area (Å²) < 4.78 is 5.85. The van der Waals surface area contributed by atoms with E-state index in [1.165, 1.54) is 16.7 Å². The average Bonchev–Trinajstić information content (AvgIpc) is 2.71. The van der Waals surface area contributed by atoms with Gasteiger partial charge in [-0.25, -0.2) is 5.43 Å². The quantitative estimate of drug-likeness (QED) is 0.465. The predicted molar refractivity (Wildman–Crippen MR) is 117 cm³/mol. The van der Waals surface area contributed by atoms with Gasteiger partial charge in [0.25, 0.3) is 0 Å². The lowest BCUT2D eigenvalue weighted by Gasteiger charge is -2.07. The number of hydrogen-bond donors (Lipinski definition) is 1. The van der Waals surface area contributed by atoms with Gasteiger partial charge >= 0.3 is 0 Å². The van der Waals surface area contributed by atoms with Crippen LogP contribution in [0.4, 0.5) is 0 Å². The molecule has 1 amide bonds. The van der Waals surface area contributed by atoms with Crippen molar-refractivity contribution in [1.29, 1.82) is 0 Å². The van der Waals surface area contributed by atoms with Crippen LogP contribution in [0.3, 0.4) is 0 Å². The molecule has 0 aliphatic carbocycles. The highest BCUT2D eigenvalue weighted by Gasteiger charge is 2.03. The number of carbonyl (C=O) groups excluding carboxylic acids is 1. The second-order valence-corrected chi connectivity index (χ2v) is 7.24. The first-order valence-corrected chi connectivity index (χ1v) is 9.66. The summed E-state index contributed by atoms with van der Waals surface area (Å²) in [5.74, 6) is 0.618. The van der Waals surface area contributed by atoms with Gasteiger partial charge in [0.2, 0.25) is 5.91 Å². The Labute approximate surface area is 172 Å². The molecule has 3 aromatic rings. The van der Waals surface area contributed by atoms with Gasteiger partial charge in [0.15, 0.2) is 0 Å². The van der Waals surface area contributed by atoms with Crippen LogP contribution in [0.2, 0.25) is 0 Å². The SMILES string of the molecule is Cc1ccc(COc2cccc(/C=N\NC(=O)Cc3ccc(C)c(C)c3)c2)cc1. The molecule has 0 saturated carbocycles. The second-order valence-electron chi connectivity index (χ2n) is 7.24. The molecule has 0 spiro atoms. The van der Waals surface area contributed by atoms with Crippen molar-refractivity contribution in [3.63, 3.8) is 0 Å². The molecular weight excluding hydrogens is 360 g/mol. The summed E-state index contributed by atoms with van der Waals surface area (Å²) in [6.07, 6.45) is 1.93. The minimum Gasteiger partial charge on any atom is -0.489 e. The highest BCUT2D eigenvalue weighted by Crippen LogP contribution is 2.15. The van der Waals surface area contributed by atoms with Gasteiger partial charge in [-0.2, -0.15) is 5.10 Å². The van der Waals surface area contributed by atoms with Crippen molar-refractivity contribution in [3.05, 3.63) is 100 Å². The largest absolute Gasteiger partial charge is 0.489 e. The van der Waals surface area contributed by atoms with E-state index >= 15 is 0 Å². The van der Waals surface area contributed by atoms with Crippen LogP contribution >= 0.6 is 0 Å². The maximum Gasteiger partial charge on any atom is 0.244 e. The lowest BCUT2D eigenvalue weighted by molar-refractivity contribution is -0.120. The first kappa shape index (κ1) is 20.3. The second kappa shape index (κ2) is 9.69. The summed E-state index contributed by atoms with van der Waals surface area (Å²) >= 11 is 0. The topological polar surface area (TPSA) is 50.7 Å². The Bertz CT molecular complexity index is 1010. The number of hydrazone groups is 1. The molecule has 0 bridgehead atoms. The standard InChI is InChI=1S/C25H26N2O2/c1-18-7-10-21(11-8-18)17-29-24-6-4-5-23(14-24)16-26-27-25(28)15-22-12-9-19(2)20(3)13-22/h4-14,16H,15,17H2,1-3H3,(H,27,28)/b26-16-. The molecule has 1 N–H and O–H groups in total. The predicted octanol–water partition coefficient (Wildman–Crippen LogP) is 4.88. The van der Waals surface area contributed by atoms with Crippen molar-refractivity contribution in [2.75, 3.05) is 0 Å². The number of nitrogens with one attached hydrogen (secondary N) is 1. The minimum absolute atomic E-state index is 0.142. The monoisotopic (exact) mass is 386 g/mol. The Morgan fingerprint density at radius 1 is 0.931 bits per heavy atom. The summed E-state index contributed by atoms with van der Waals surface area (Å²) in [5.41, 5.74) is 9.17. The molecule has 3 aromatic carbocycles. The van der Waals surface area contributed by atoms with Crippen LogP contribution in [-0.4, -0.2) is 12.1 Å². The first-order valence-electron chi connectivity index (χ1n) is 9.66. The van der Waals surface area contributed by atoms with Crippen molar-refractivity contribution in [2.45, 2.75) is 33.8 Å². The molecule has 4 nitrogen and oxygen atoms in total. The van der Waals surface area contributed by atoms with Gasteiger partial charge in [-0.05, 0) is 60.7 Å². The molecule has 4 heteroatoms. The number of hydrogen-bond acceptors (Lipinski definition) is 3. The van der Waals surface area contributed by atoms with Crippen LogP contribution in [0.1, 0.15) is 33.4 Å². The van der Waals surface area contributed by atoms with Gasteiger partial charge < -0.3 is 4.74 Å². The smallest absolute Gasteiger partial charge is 0.244 e. The normalized spacial score (nSPS) is 10.9. The minimum atomic E-state index is -0.142. The van der Waals surface area contributed by atoms with E-state index in [4.69, 9.17) is 4.74 Å². The number of rotatable bonds is 7. The summed E-state index contributed by atoms with van der Waals surface area (Å²) in [5, 5.41) is 4.07. The van der Waals surface area contributed by atoms with Crippen LogP contribution < -0.4 is 10.2 Å². The van der Waals surface area contributed by atoms with Crippen LogP contribution in [0.15, 0.2) is 71.8 Å². The molecule has 0 saturated heterocycles. The molecule has 29 heavy (non-hydrogen) atoms.